The number of thioether (sulfide) groups is 1. The van der Waals surface area contributed by atoms with Crippen LogP contribution in [0.15, 0.2) is 58.9 Å². The molecule has 2 heterocycles. The number of hydrogen-bond acceptors (Lipinski definition) is 5. The van der Waals surface area contributed by atoms with Crippen LogP contribution in [0.3, 0.4) is 0 Å². The third kappa shape index (κ3) is 4.09. The molecule has 2 aromatic carbocycles. The first-order valence-electron chi connectivity index (χ1n) is 10.3. The lowest BCUT2D eigenvalue weighted by atomic mass is 10.1. The Morgan fingerprint density at radius 1 is 0.967 bits per heavy atom. The molecule has 7 heteroatoms. The molecule has 5 nitrogen and oxygen atoms in total. The molecule has 1 aliphatic carbocycles. The van der Waals surface area contributed by atoms with Crippen LogP contribution in [0.4, 0.5) is 0 Å². The van der Waals surface area contributed by atoms with E-state index in [1.165, 1.54) is 17.3 Å². The number of nitrogens with zero attached hydrogens (tertiary/aromatic N) is 3. The Labute approximate surface area is 184 Å². The molecule has 0 radical (unpaired) electrons. The summed E-state index contributed by atoms with van der Waals surface area (Å²) in [5.74, 6) is 1.25. The lowest BCUT2D eigenvalue weighted by Crippen LogP contribution is -2.51. The number of para-hydroxylation sites is 1. The molecule has 2 amide bonds. The van der Waals surface area contributed by atoms with E-state index < -0.39 is 0 Å². The fourth-order valence-corrected chi connectivity index (χ4v) is 6.05. The minimum Gasteiger partial charge on any atom is -0.339 e. The average molecular weight is 438 g/mol. The largest absolute Gasteiger partial charge is 0.339 e. The molecule has 5 rings (SSSR count). The molecule has 1 aromatic heterocycles. The lowest BCUT2D eigenvalue weighted by Gasteiger charge is -2.35. The van der Waals surface area contributed by atoms with E-state index in [4.69, 9.17) is 0 Å². The van der Waals surface area contributed by atoms with Gasteiger partial charge in [0.05, 0.1) is 16.0 Å². The summed E-state index contributed by atoms with van der Waals surface area (Å²) in [5, 5.41) is 0. The van der Waals surface area contributed by atoms with Crippen molar-refractivity contribution in [3.05, 3.63) is 60.2 Å². The summed E-state index contributed by atoms with van der Waals surface area (Å²) in [6, 6.07) is 18.3. The predicted octanol–water partition coefficient (Wildman–Crippen LogP) is 3.86. The third-order valence-electron chi connectivity index (χ3n) is 5.87. The van der Waals surface area contributed by atoms with Crippen molar-refractivity contribution in [1.29, 1.82) is 0 Å². The summed E-state index contributed by atoms with van der Waals surface area (Å²) >= 11 is 3.13. The van der Waals surface area contributed by atoms with Gasteiger partial charge < -0.3 is 9.80 Å². The van der Waals surface area contributed by atoms with E-state index in [0.717, 1.165) is 21.0 Å². The van der Waals surface area contributed by atoms with Crippen LogP contribution in [0.5, 0.6) is 0 Å². The van der Waals surface area contributed by atoms with E-state index >= 15 is 0 Å². The number of hydrogen-bond donors (Lipinski definition) is 0. The van der Waals surface area contributed by atoms with Crippen LogP contribution >= 0.6 is 23.1 Å². The fourth-order valence-electron chi connectivity index (χ4n) is 4.07. The predicted molar refractivity (Wildman–Crippen MR) is 121 cm³/mol. The van der Waals surface area contributed by atoms with Crippen LogP contribution < -0.4 is 0 Å². The van der Waals surface area contributed by atoms with E-state index in [1.807, 2.05) is 46.2 Å². The molecule has 0 spiro atoms. The molecule has 2 fully saturated rings. The summed E-state index contributed by atoms with van der Waals surface area (Å²) in [6.45, 7) is 2.50. The van der Waals surface area contributed by atoms with E-state index in [2.05, 4.69) is 23.2 Å². The maximum atomic E-state index is 12.8. The first-order valence-corrected chi connectivity index (χ1v) is 12.1. The molecule has 3 aromatic rings. The van der Waals surface area contributed by atoms with Crippen molar-refractivity contribution in [3.8, 4) is 0 Å². The molecule has 2 unspecified atom stereocenters. The van der Waals surface area contributed by atoms with Gasteiger partial charge in [-0.15, -0.1) is 11.3 Å². The molecule has 2 aliphatic rings. The quantitative estimate of drug-likeness (QED) is 0.569. The van der Waals surface area contributed by atoms with Crippen LogP contribution in [0.1, 0.15) is 17.9 Å². The van der Waals surface area contributed by atoms with Crippen molar-refractivity contribution in [2.45, 2.75) is 16.7 Å². The standard InChI is InChI=1S/C23H23N3O2S2/c27-21(15-29-23-24-19-8-4-5-9-20(19)30-23)25-10-12-26(13-11-25)22(28)18-14-17(18)16-6-2-1-3-7-16/h1-9,17-18H,10-15H2. The summed E-state index contributed by atoms with van der Waals surface area (Å²) < 4.78 is 2.08. The van der Waals surface area contributed by atoms with Crippen molar-refractivity contribution in [3.63, 3.8) is 0 Å². The van der Waals surface area contributed by atoms with Gasteiger partial charge in [0.1, 0.15) is 0 Å². The lowest BCUT2D eigenvalue weighted by molar-refractivity contribution is -0.139. The Kier molecular flexibility index (Phi) is 5.48. The maximum absolute atomic E-state index is 12.8. The minimum atomic E-state index is 0.115. The highest BCUT2D eigenvalue weighted by Gasteiger charge is 2.46. The van der Waals surface area contributed by atoms with Crippen molar-refractivity contribution < 1.29 is 9.59 Å². The number of fused-ring (bicyclic) bond motifs is 1. The molecule has 0 N–H and O–H groups in total. The molecule has 30 heavy (non-hydrogen) atoms. The molecular weight excluding hydrogens is 414 g/mol. The van der Waals surface area contributed by atoms with Gasteiger partial charge in [-0.1, -0.05) is 54.2 Å². The Morgan fingerprint density at radius 3 is 2.43 bits per heavy atom. The Hall–Kier alpha value is -2.38. The van der Waals surface area contributed by atoms with Crippen LogP contribution in [0, 0.1) is 5.92 Å². The van der Waals surface area contributed by atoms with E-state index in [-0.39, 0.29) is 17.7 Å². The van der Waals surface area contributed by atoms with E-state index in [1.54, 1.807) is 11.3 Å². The van der Waals surface area contributed by atoms with Gasteiger partial charge in [-0.05, 0) is 30.0 Å². The van der Waals surface area contributed by atoms with Crippen LogP contribution in [0.25, 0.3) is 10.2 Å². The smallest absolute Gasteiger partial charge is 0.233 e. The second-order valence-electron chi connectivity index (χ2n) is 7.80. The fraction of sp³-hybridized carbons (Fsp3) is 0.348. The number of aromatic nitrogens is 1. The highest BCUT2D eigenvalue weighted by Crippen LogP contribution is 2.48. The van der Waals surface area contributed by atoms with Gasteiger partial charge >= 0.3 is 0 Å². The van der Waals surface area contributed by atoms with Gasteiger partial charge in [0.2, 0.25) is 11.8 Å². The number of benzene rings is 2. The van der Waals surface area contributed by atoms with Gasteiger partial charge in [0, 0.05) is 32.1 Å². The van der Waals surface area contributed by atoms with Crippen molar-refractivity contribution in [2.75, 3.05) is 31.9 Å². The molecule has 1 saturated carbocycles. The number of carbonyl (C=O) groups is 2. The monoisotopic (exact) mass is 437 g/mol. The Morgan fingerprint density at radius 2 is 1.67 bits per heavy atom. The summed E-state index contributed by atoms with van der Waals surface area (Å²) in [5.41, 5.74) is 2.25. The molecular formula is C23H23N3O2S2. The highest BCUT2D eigenvalue weighted by molar-refractivity contribution is 8.01. The van der Waals surface area contributed by atoms with Crippen LogP contribution in [-0.2, 0) is 9.59 Å². The van der Waals surface area contributed by atoms with Crippen molar-refractivity contribution in [1.82, 2.24) is 14.8 Å². The van der Waals surface area contributed by atoms with E-state index in [0.29, 0.717) is 37.8 Å². The number of rotatable bonds is 5. The van der Waals surface area contributed by atoms with Crippen molar-refractivity contribution in [2.24, 2.45) is 5.92 Å². The van der Waals surface area contributed by atoms with Crippen LogP contribution in [0.2, 0.25) is 0 Å². The van der Waals surface area contributed by atoms with Gasteiger partial charge in [-0.25, -0.2) is 4.98 Å². The van der Waals surface area contributed by atoms with Gasteiger partial charge in [0.25, 0.3) is 0 Å². The molecule has 154 valence electrons. The zero-order valence-corrected chi connectivity index (χ0v) is 18.2. The number of carbonyl (C=O) groups excluding carboxylic acids is 2. The molecule has 0 bridgehead atoms. The second-order valence-corrected chi connectivity index (χ2v) is 10.1. The SMILES string of the molecule is O=C(CSc1nc2ccccc2s1)N1CCN(C(=O)C2CC2c2ccccc2)CC1. The topological polar surface area (TPSA) is 53.5 Å². The average Bonchev–Trinajstić information content (AvgIpc) is 3.49. The first kappa shape index (κ1) is 19.6. The van der Waals surface area contributed by atoms with Crippen molar-refractivity contribution >= 4 is 45.1 Å². The Balaban J connectivity index is 1.10. The number of amides is 2. The normalized spacial score (nSPS) is 21.1. The maximum Gasteiger partial charge on any atom is 0.233 e. The molecule has 2 atom stereocenters. The summed E-state index contributed by atoms with van der Waals surface area (Å²) in [4.78, 5) is 33.9. The minimum absolute atomic E-state index is 0.115. The Bertz CT molecular complexity index is 1030. The highest BCUT2D eigenvalue weighted by atomic mass is 32.2. The summed E-state index contributed by atoms with van der Waals surface area (Å²) in [6.07, 6.45) is 0.945. The zero-order valence-electron chi connectivity index (χ0n) is 16.6. The molecule has 1 aliphatic heterocycles. The van der Waals surface area contributed by atoms with Crippen LogP contribution in [-0.4, -0.2) is 58.5 Å². The number of piperazine rings is 1. The summed E-state index contributed by atoms with van der Waals surface area (Å²) in [7, 11) is 0. The molecule has 1 saturated heterocycles. The first-order chi connectivity index (χ1) is 14.7. The third-order valence-corrected chi connectivity index (χ3v) is 8.04. The zero-order chi connectivity index (χ0) is 20.5. The van der Waals surface area contributed by atoms with Gasteiger partial charge in [0.15, 0.2) is 4.34 Å². The van der Waals surface area contributed by atoms with Gasteiger partial charge in [-0.3, -0.25) is 9.59 Å². The second kappa shape index (κ2) is 8.40. The number of thiazole rings is 1. The van der Waals surface area contributed by atoms with Gasteiger partial charge in [-0.2, -0.15) is 0 Å². The van der Waals surface area contributed by atoms with E-state index in [9.17, 15) is 9.59 Å².